The summed E-state index contributed by atoms with van der Waals surface area (Å²) >= 11 is 0. The third-order valence-corrected chi connectivity index (χ3v) is 3.26. The Kier molecular flexibility index (Phi) is 5.93. The van der Waals surface area contributed by atoms with Gasteiger partial charge >= 0.3 is 0 Å². The molecule has 0 fully saturated rings. The maximum atomic E-state index is 12.2. The van der Waals surface area contributed by atoms with Crippen molar-refractivity contribution in [2.24, 2.45) is 0 Å². The van der Waals surface area contributed by atoms with E-state index in [0.717, 1.165) is 11.3 Å². The lowest BCUT2D eigenvalue weighted by Crippen LogP contribution is -2.22. The first-order valence-corrected chi connectivity index (χ1v) is 7.95. The Morgan fingerprint density at radius 2 is 1.88 bits per heavy atom. The minimum atomic E-state index is -0.195. The Bertz CT molecular complexity index is 676. The van der Waals surface area contributed by atoms with Gasteiger partial charge in [0.1, 0.15) is 6.61 Å². The van der Waals surface area contributed by atoms with Crippen LogP contribution in [0.25, 0.3) is 0 Å². The molecular formula is C19H24N2O3. The molecule has 128 valence electrons. The minimum Gasteiger partial charge on any atom is -0.475 e. The van der Waals surface area contributed by atoms with Gasteiger partial charge in [-0.3, -0.25) is 4.79 Å². The molecule has 0 saturated heterocycles. The van der Waals surface area contributed by atoms with Gasteiger partial charge in [0.15, 0.2) is 0 Å². The van der Waals surface area contributed by atoms with Crippen LogP contribution in [-0.4, -0.2) is 29.7 Å². The molecule has 0 aliphatic rings. The van der Waals surface area contributed by atoms with Crippen molar-refractivity contribution in [3.05, 3.63) is 53.7 Å². The molecule has 0 saturated carbocycles. The molecule has 5 heteroatoms. The third-order valence-electron chi connectivity index (χ3n) is 3.26. The zero-order valence-corrected chi connectivity index (χ0v) is 14.6. The van der Waals surface area contributed by atoms with E-state index in [4.69, 9.17) is 9.47 Å². The summed E-state index contributed by atoms with van der Waals surface area (Å²) in [7, 11) is 0. The number of nitrogens with zero attached hydrogens (tertiary/aromatic N) is 1. The van der Waals surface area contributed by atoms with E-state index in [1.165, 1.54) is 6.20 Å². The molecular weight excluding hydrogens is 304 g/mol. The van der Waals surface area contributed by atoms with E-state index in [1.54, 1.807) is 12.1 Å². The third kappa shape index (κ3) is 5.66. The van der Waals surface area contributed by atoms with E-state index < -0.39 is 0 Å². The molecule has 0 bridgehead atoms. The number of anilines is 1. The first-order chi connectivity index (χ1) is 11.3. The molecule has 0 unspecified atom stereocenters. The van der Waals surface area contributed by atoms with Crippen LogP contribution in [-0.2, 0) is 4.74 Å². The molecule has 1 aromatic carbocycles. The van der Waals surface area contributed by atoms with Gasteiger partial charge in [-0.05, 0) is 45.4 Å². The number of carbonyl (C=O) groups excluding carboxylic acids is 1. The summed E-state index contributed by atoms with van der Waals surface area (Å²) in [6, 6.07) is 11.0. The van der Waals surface area contributed by atoms with Crippen LogP contribution in [0.2, 0.25) is 0 Å². The number of aryl methyl sites for hydroxylation is 1. The molecule has 0 aliphatic heterocycles. The quantitative estimate of drug-likeness (QED) is 0.819. The van der Waals surface area contributed by atoms with Crippen LogP contribution < -0.4 is 10.1 Å². The summed E-state index contributed by atoms with van der Waals surface area (Å²) in [4.78, 5) is 16.4. The normalized spacial score (nSPS) is 11.2. The molecule has 5 nitrogen and oxygen atoms in total. The molecule has 1 N–H and O–H groups in total. The zero-order valence-electron chi connectivity index (χ0n) is 14.6. The number of nitrogens with one attached hydrogen (secondary N) is 1. The second-order valence-electron chi connectivity index (χ2n) is 6.46. The minimum absolute atomic E-state index is 0.186. The van der Waals surface area contributed by atoms with Crippen molar-refractivity contribution in [3.8, 4) is 5.88 Å². The zero-order chi connectivity index (χ0) is 17.6. The number of para-hydroxylation sites is 1. The van der Waals surface area contributed by atoms with Crippen molar-refractivity contribution in [1.29, 1.82) is 0 Å². The number of aromatic nitrogens is 1. The highest BCUT2D eigenvalue weighted by molar-refractivity contribution is 6.04. The summed E-state index contributed by atoms with van der Waals surface area (Å²) in [6.45, 7) is 8.83. The second-order valence-corrected chi connectivity index (χ2v) is 6.46. The summed E-state index contributed by atoms with van der Waals surface area (Å²) in [5.74, 6) is 0.277. The number of rotatable bonds is 6. The molecule has 1 amide bonds. The molecule has 0 atom stereocenters. The van der Waals surface area contributed by atoms with Crippen molar-refractivity contribution >= 4 is 11.6 Å². The molecule has 0 spiro atoms. The average Bonchev–Trinajstić information content (AvgIpc) is 2.53. The largest absolute Gasteiger partial charge is 0.475 e. The number of amides is 1. The van der Waals surface area contributed by atoms with Crippen LogP contribution in [0.1, 0.15) is 36.7 Å². The van der Waals surface area contributed by atoms with Gasteiger partial charge in [-0.15, -0.1) is 0 Å². The van der Waals surface area contributed by atoms with Gasteiger partial charge in [-0.25, -0.2) is 4.98 Å². The van der Waals surface area contributed by atoms with E-state index in [1.807, 2.05) is 52.0 Å². The van der Waals surface area contributed by atoms with E-state index in [9.17, 15) is 4.79 Å². The monoisotopic (exact) mass is 328 g/mol. The number of ether oxygens (including phenoxy) is 2. The lowest BCUT2D eigenvalue weighted by atomic mass is 10.2. The standard InChI is InChI=1S/C19H24N2O3/c1-14-7-5-6-8-16(14)21-18(22)15-9-10-17(20-13-15)23-11-12-24-19(2,3)4/h5-10,13H,11-12H2,1-4H3,(H,21,22). The molecule has 2 aromatic rings. The average molecular weight is 328 g/mol. The Morgan fingerprint density at radius 3 is 2.50 bits per heavy atom. The second kappa shape index (κ2) is 7.93. The van der Waals surface area contributed by atoms with E-state index in [-0.39, 0.29) is 11.5 Å². The Hall–Kier alpha value is -2.40. The van der Waals surface area contributed by atoms with Crippen LogP contribution in [0.3, 0.4) is 0 Å². The predicted molar refractivity (Wildman–Crippen MR) is 94.6 cm³/mol. The van der Waals surface area contributed by atoms with E-state index in [2.05, 4.69) is 10.3 Å². The van der Waals surface area contributed by atoms with Crippen LogP contribution in [0.5, 0.6) is 5.88 Å². The fraction of sp³-hybridized carbons (Fsp3) is 0.368. The van der Waals surface area contributed by atoms with Gasteiger partial charge in [0.2, 0.25) is 5.88 Å². The maximum absolute atomic E-state index is 12.2. The molecule has 0 aliphatic carbocycles. The van der Waals surface area contributed by atoms with Crippen molar-refractivity contribution in [3.63, 3.8) is 0 Å². The number of pyridine rings is 1. The SMILES string of the molecule is Cc1ccccc1NC(=O)c1ccc(OCCOC(C)(C)C)nc1. The highest BCUT2D eigenvalue weighted by Crippen LogP contribution is 2.15. The number of benzene rings is 1. The molecule has 1 aromatic heterocycles. The lowest BCUT2D eigenvalue weighted by molar-refractivity contribution is -0.0168. The summed E-state index contributed by atoms with van der Waals surface area (Å²) in [6.07, 6.45) is 1.51. The van der Waals surface area contributed by atoms with Crippen LogP contribution in [0.4, 0.5) is 5.69 Å². The molecule has 24 heavy (non-hydrogen) atoms. The van der Waals surface area contributed by atoms with Crippen molar-refractivity contribution < 1.29 is 14.3 Å². The highest BCUT2D eigenvalue weighted by atomic mass is 16.5. The van der Waals surface area contributed by atoms with Crippen molar-refractivity contribution in [2.75, 3.05) is 18.5 Å². The highest BCUT2D eigenvalue weighted by Gasteiger charge is 2.10. The van der Waals surface area contributed by atoms with E-state index in [0.29, 0.717) is 24.7 Å². The number of hydrogen-bond donors (Lipinski definition) is 1. The molecule has 2 rings (SSSR count). The predicted octanol–water partition coefficient (Wildman–Crippen LogP) is 3.84. The van der Waals surface area contributed by atoms with Gasteiger partial charge in [0, 0.05) is 18.0 Å². The fourth-order valence-corrected chi connectivity index (χ4v) is 2.00. The number of carbonyl (C=O) groups is 1. The van der Waals surface area contributed by atoms with Gasteiger partial charge in [0.05, 0.1) is 17.8 Å². The maximum Gasteiger partial charge on any atom is 0.257 e. The topological polar surface area (TPSA) is 60.5 Å². The Balaban J connectivity index is 1.87. The van der Waals surface area contributed by atoms with Gasteiger partial charge in [-0.2, -0.15) is 0 Å². The molecule has 0 radical (unpaired) electrons. The van der Waals surface area contributed by atoms with Crippen LogP contribution >= 0.6 is 0 Å². The smallest absolute Gasteiger partial charge is 0.257 e. The number of hydrogen-bond acceptors (Lipinski definition) is 4. The lowest BCUT2D eigenvalue weighted by Gasteiger charge is -2.19. The first-order valence-electron chi connectivity index (χ1n) is 7.95. The molecule has 1 heterocycles. The first kappa shape index (κ1) is 17.9. The van der Waals surface area contributed by atoms with Gasteiger partial charge in [0.25, 0.3) is 5.91 Å². The van der Waals surface area contributed by atoms with Crippen molar-refractivity contribution in [1.82, 2.24) is 4.98 Å². The summed E-state index contributed by atoms with van der Waals surface area (Å²) in [5, 5.41) is 2.88. The summed E-state index contributed by atoms with van der Waals surface area (Å²) < 4.78 is 11.1. The summed E-state index contributed by atoms with van der Waals surface area (Å²) in [5.41, 5.74) is 2.10. The van der Waals surface area contributed by atoms with Gasteiger partial charge < -0.3 is 14.8 Å². The Morgan fingerprint density at radius 1 is 1.12 bits per heavy atom. The van der Waals surface area contributed by atoms with Gasteiger partial charge in [-0.1, -0.05) is 18.2 Å². The van der Waals surface area contributed by atoms with Crippen molar-refractivity contribution in [2.45, 2.75) is 33.3 Å². The van der Waals surface area contributed by atoms with E-state index >= 15 is 0 Å². The van der Waals surface area contributed by atoms with Crippen LogP contribution in [0, 0.1) is 6.92 Å². The fourth-order valence-electron chi connectivity index (χ4n) is 2.00. The Labute approximate surface area is 143 Å². The van der Waals surface area contributed by atoms with Crippen LogP contribution in [0.15, 0.2) is 42.6 Å².